The number of rotatable bonds is 8. The number of halogens is 2. The maximum atomic E-state index is 13.9. The zero-order valence-electron chi connectivity index (χ0n) is 16.4. The minimum atomic E-state index is -3.73. The van der Waals surface area contributed by atoms with Gasteiger partial charge in [0.25, 0.3) is 5.91 Å². The number of carbonyl (C=O) groups is 1. The second-order valence-electron chi connectivity index (χ2n) is 7.24. The Kier molecular flexibility index (Phi) is 7.32. The number of carbonyl (C=O) groups excluding carboxylic acids is 1. The third-order valence-electron chi connectivity index (χ3n) is 4.03. The molecule has 0 aromatic heterocycles. The zero-order chi connectivity index (χ0) is 21.8. The van der Waals surface area contributed by atoms with Crippen molar-refractivity contribution in [2.24, 2.45) is 5.92 Å². The van der Waals surface area contributed by atoms with Crippen LogP contribution in [-0.2, 0) is 10.0 Å². The van der Waals surface area contributed by atoms with E-state index in [4.69, 9.17) is 0 Å². The smallest absolute Gasteiger partial charge is 0.254 e. The molecule has 0 aliphatic carbocycles. The molecule has 2 aromatic carbocycles. The highest BCUT2D eigenvalue weighted by Gasteiger charge is 2.22. The van der Waals surface area contributed by atoms with Gasteiger partial charge in [-0.2, -0.15) is 0 Å². The minimum absolute atomic E-state index is 0.0607. The van der Waals surface area contributed by atoms with Gasteiger partial charge in [-0.15, -0.1) is 0 Å². The number of hydrogen-bond acceptors (Lipinski definition) is 4. The summed E-state index contributed by atoms with van der Waals surface area (Å²) in [6.07, 6.45) is -0.169. The van der Waals surface area contributed by atoms with Crippen molar-refractivity contribution in [3.63, 3.8) is 0 Å². The molecule has 0 unspecified atom stereocenters. The summed E-state index contributed by atoms with van der Waals surface area (Å²) in [6.45, 7) is 4.04. The summed E-state index contributed by atoms with van der Waals surface area (Å²) >= 11 is 0. The van der Waals surface area contributed by atoms with E-state index in [1.54, 1.807) is 0 Å². The summed E-state index contributed by atoms with van der Waals surface area (Å²) < 4.78 is 51.9. The first-order valence-corrected chi connectivity index (χ1v) is 10.9. The first-order chi connectivity index (χ1) is 13.5. The number of benzene rings is 2. The first-order valence-electron chi connectivity index (χ1n) is 8.96. The van der Waals surface area contributed by atoms with Gasteiger partial charge in [-0.25, -0.2) is 17.2 Å². The van der Waals surface area contributed by atoms with Crippen molar-refractivity contribution < 1.29 is 27.1 Å². The number of hydrogen-bond donors (Lipinski definition) is 2. The van der Waals surface area contributed by atoms with Gasteiger partial charge in [-0.05, 0) is 41.8 Å². The Morgan fingerprint density at radius 1 is 1.10 bits per heavy atom. The van der Waals surface area contributed by atoms with Gasteiger partial charge in [0, 0.05) is 12.1 Å². The molecule has 0 fully saturated rings. The summed E-state index contributed by atoms with van der Waals surface area (Å²) in [4.78, 5) is 14.4. The Labute approximate surface area is 169 Å². The Bertz CT molecular complexity index is 963. The minimum Gasteiger partial charge on any atom is -0.387 e. The van der Waals surface area contributed by atoms with Crippen molar-refractivity contribution in [2.75, 3.05) is 24.1 Å². The molecule has 0 aliphatic heterocycles. The highest BCUT2D eigenvalue weighted by atomic mass is 32.2. The van der Waals surface area contributed by atoms with Crippen molar-refractivity contribution >= 4 is 21.6 Å². The van der Waals surface area contributed by atoms with E-state index < -0.39 is 33.7 Å². The van der Waals surface area contributed by atoms with Gasteiger partial charge in [0.05, 0.1) is 24.6 Å². The fourth-order valence-electron chi connectivity index (χ4n) is 2.80. The Balaban J connectivity index is 2.28. The van der Waals surface area contributed by atoms with Gasteiger partial charge in [0.15, 0.2) is 0 Å². The molecule has 29 heavy (non-hydrogen) atoms. The number of sulfonamides is 1. The van der Waals surface area contributed by atoms with Crippen LogP contribution in [0.25, 0.3) is 0 Å². The number of nitrogens with zero attached hydrogens (tertiary/aromatic N) is 1. The van der Waals surface area contributed by atoms with Crippen LogP contribution in [-0.4, -0.2) is 43.7 Å². The molecule has 2 aromatic rings. The van der Waals surface area contributed by atoms with Gasteiger partial charge < -0.3 is 10.0 Å². The molecule has 6 nitrogen and oxygen atoms in total. The van der Waals surface area contributed by atoms with Crippen LogP contribution in [0, 0.1) is 17.6 Å². The van der Waals surface area contributed by atoms with Crippen molar-refractivity contribution in [1.29, 1.82) is 0 Å². The lowest BCUT2D eigenvalue weighted by molar-refractivity contribution is 0.0594. The van der Waals surface area contributed by atoms with Gasteiger partial charge in [-0.3, -0.25) is 9.52 Å². The van der Waals surface area contributed by atoms with Crippen LogP contribution >= 0.6 is 0 Å². The lowest BCUT2D eigenvalue weighted by atomic mass is 10.1. The van der Waals surface area contributed by atoms with Crippen LogP contribution in [0.3, 0.4) is 0 Å². The molecule has 0 radical (unpaired) electrons. The van der Waals surface area contributed by atoms with E-state index in [1.807, 2.05) is 18.6 Å². The van der Waals surface area contributed by atoms with Crippen molar-refractivity contribution in [2.45, 2.75) is 20.0 Å². The Hall–Kier alpha value is -2.52. The van der Waals surface area contributed by atoms with Gasteiger partial charge in [-0.1, -0.05) is 26.0 Å². The predicted octanol–water partition coefficient (Wildman–Crippen LogP) is 3.17. The second kappa shape index (κ2) is 9.32. The summed E-state index contributed by atoms with van der Waals surface area (Å²) in [5.41, 5.74) is 0.193. The molecule has 0 heterocycles. The fourth-order valence-corrected chi connectivity index (χ4v) is 3.35. The van der Waals surface area contributed by atoms with E-state index >= 15 is 0 Å². The van der Waals surface area contributed by atoms with E-state index in [-0.39, 0.29) is 23.7 Å². The summed E-state index contributed by atoms with van der Waals surface area (Å²) in [5, 5.41) is 10.5. The molecular weight excluding hydrogens is 402 g/mol. The number of aliphatic hydroxyl groups is 1. The number of aliphatic hydroxyl groups excluding tert-OH is 1. The molecule has 0 spiro atoms. The molecule has 0 aliphatic rings. The molecule has 0 saturated carbocycles. The van der Waals surface area contributed by atoms with Crippen LogP contribution in [0.5, 0.6) is 0 Å². The number of amides is 1. The molecule has 158 valence electrons. The van der Waals surface area contributed by atoms with Gasteiger partial charge in [0.2, 0.25) is 10.0 Å². The molecule has 0 bridgehead atoms. The molecular formula is C20H24F2N2O4S. The molecule has 0 saturated heterocycles. The first kappa shape index (κ1) is 22.8. The lowest BCUT2D eigenvalue weighted by Gasteiger charge is -2.27. The fraction of sp³-hybridized carbons (Fsp3) is 0.350. The van der Waals surface area contributed by atoms with Crippen LogP contribution in [0.2, 0.25) is 0 Å². The average Bonchev–Trinajstić information content (AvgIpc) is 2.61. The third kappa shape index (κ3) is 6.79. The Morgan fingerprint density at radius 2 is 1.72 bits per heavy atom. The third-order valence-corrected chi connectivity index (χ3v) is 4.62. The molecule has 2 rings (SSSR count). The van der Waals surface area contributed by atoms with Crippen LogP contribution in [0.1, 0.15) is 35.9 Å². The van der Waals surface area contributed by atoms with Gasteiger partial charge in [0.1, 0.15) is 11.6 Å². The predicted molar refractivity (Wildman–Crippen MR) is 107 cm³/mol. The Morgan fingerprint density at radius 3 is 2.28 bits per heavy atom. The van der Waals surface area contributed by atoms with Crippen molar-refractivity contribution in [3.05, 3.63) is 65.2 Å². The van der Waals surface area contributed by atoms with E-state index in [2.05, 4.69) is 0 Å². The standard InChI is InChI=1S/C20H24F2N2O4S/c1-13(2)11-24(12-19(25)14-4-7-16(21)8-5-14)20(26)15-6-9-17(22)18(10-15)23-29(3,27)28/h4-10,13,19,23,25H,11-12H2,1-3H3/t19-/m0/s1. The topological polar surface area (TPSA) is 86.7 Å². The second-order valence-corrected chi connectivity index (χ2v) is 8.99. The largest absolute Gasteiger partial charge is 0.387 e. The zero-order valence-corrected chi connectivity index (χ0v) is 17.2. The van der Waals surface area contributed by atoms with Crippen LogP contribution in [0.4, 0.5) is 14.5 Å². The van der Waals surface area contributed by atoms with E-state index in [9.17, 15) is 27.1 Å². The van der Waals surface area contributed by atoms with Gasteiger partial charge >= 0.3 is 0 Å². The SMILES string of the molecule is CC(C)CN(C[C@H](O)c1ccc(F)cc1)C(=O)c1ccc(F)c(NS(C)(=O)=O)c1. The summed E-state index contributed by atoms with van der Waals surface area (Å²) in [7, 11) is -3.73. The maximum absolute atomic E-state index is 13.9. The summed E-state index contributed by atoms with van der Waals surface area (Å²) in [5.74, 6) is -1.66. The molecule has 1 atom stereocenters. The van der Waals surface area contributed by atoms with Crippen molar-refractivity contribution in [1.82, 2.24) is 4.90 Å². The highest BCUT2D eigenvalue weighted by Crippen LogP contribution is 2.21. The average molecular weight is 426 g/mol. The van der Waals surface area contributed by atoms with E-state index in [0.717, 1.165) is 18.4 Å². The highest BCUT2D eigenvalue weighted by molar-refractivity contribution is 7.92. The molecule has 2 N–H and O–H groups in total. The lowest BCUT2D eigenvalue weighted by Crippen LogP contribution is -2.37. The quantitative estimate of drug-likeness (QED) is 0.679. The molecule has 9 heteroatoms. The maximum Gasteiger partial charge on any atom is 0.254 e. The van der Waals surface area contributed by atoms with E-state index in [1.165, 1.54) is 35.2 Å². The van der Waals surface area contributed by atoms with Crippen LogP contribution < -0.4 is 4.72 Å². The summed E-state index contributed by atoms with van der Waals surface area (Å²) in [6, 6.07) is 8.68. The van der Waals surface area contributed by atoms with Crippen LogP contribution in [0.15, 0.2) is 42.5 Å². The molecule has 1 amide bonds. The van der Waals surface area contributed by atoms with Crippen molar-refractivity contribution in [3.8, 4) is 0 Å². The number of anilines is 1. The van der Waals surface area contributed by atoms with E-state index in [0.29, 0.717) is 12.1 Å². The monoisotopic (exact) mass is 426 g/mol. The number of nitrogens with one attached hydrogen (secondary N) is 1. The normalized spacial score (nSPS) is 12.7.